The lowest BCUT2D eigenvalue weighted by atomic mass is 9.89. The topological polar surface area (TPSA) is 102 Å². The quantitative estimate of drug-likeness (QED) is 0.486. The SMILES string of the molecule is CC(C)(C)c1cnn2c(NCc3ccccc3-n3cccn3)nc(N3CCC(N)CC3)nc12. The fourth-order valence-electron chi connectivity index (χ4n) is 4.22. The number of hydrogen-bond donors (Lipinski definition) is 2. The summed E-state index contributed by atoms with van der Waals surface area (Å²) in [6.45, 7) is 8.84. The lowest BCUT2D eigenvalue weighted by Crippen LogP contribution is -2.40. The van der Waals surface area contributed by atoms with Crippen LogP contribution < -0.4 is 16.0 Å². The molecule has 172 valence electrons. The van der Waals surface area contributed by atoms with E-state index in [0.29, 0.717) is 12.5 Å². The molecule has 4 heterocycles. The number of hydrogen-bond acceptors (Lipinski definition) is 7. The first-order chi connectivity index (χ1) is 15.9. The molecule has 3 aromatic heterocycles. The standard InChI is InChI=1S/C24H31N9/c1-24(2,3)19-16-28-33-21(19)29-23(31-13-9-18(25)10-14-31)30-22(33)26-15-17-7-4-5-8-20(17)32-12-6-11-27-32/h4-8,11-12,16,18H,9-10,13-15,25H2,1-3H3,(H,26,29,30). The monoisotopic (exact) mass is 445 g/mol. The largest absolute Gasteiger partial charge is 0.350 e. The van der Waals surface area contributed by atoms with Crippen LogP contribution in [0.4, 0.5) is 11.9 Å². The average Bonchev–Trinajstić information content (AvgIpc) is 3.48. The van der Waals surface area contributed by atoms with Crippen LogP contribution in [0, 0.1) is 0 Å². The van der Waals surface area contributed by atoms with E-state index in [1.807, 2.05) is 39.8 Å². The van der Waals surface area contributed by atoms with Crippen LogP contribution in [-0.2, 0) is 12.0 Å². The number of anilines is 2. The Labute approximate surface area is 193 Å². The third-order valence-corrected chi connectivity index (χ3v) is 6.17. The molecule has 5 rings (SSSR count). The Morgan fingerprint density at radius 3 is 2.58 bits per heavy atom. The summed E-state index contributed by atoms with van der Waals surface area (Å²) >= 11 is 0. The van der Waals surface area contributed by atoms with Crippen molar-refractivity contribution < 1.29 is 0 Å². The van der Waals surface area contributed by atoms with Gasteiger partial charge in [0, 0.05) is 43.6 Å². The highest BCUT2D eigenvalue weighted by Crippen LogP contribution is 2.28. The van der Waals surface area contributed by atoms with E-state index in [4.69, 9.17) is 15.7 Å². The van der Waals surface area contributed by atoms with E-state index < -0.39 is 0 Å². The smallest absolute Gasteiger partial charge is 0.230 e. The first kappa shape index (κ1) is 21.4. The minimum atomic E-state index is -0.0818. The van der Waals surface area contributed by atoms with Crippen LogP contribution in [-0.4, -0.2) is 48.5 Å². The number of fused-ring (bicyclic) bond motifs is 1. The molecule has 1 aliphatic heterocycles. The summed E-state index contributed by atoms with van der Waals surface area (Å²) < 4.78 is 3.69. The zero-order valence-electron chi connectivity index (χ0n) is 19.4. The van der Waals surface area contributed by atoms with Crippen LogP contribution in [0.5, 0.6) is 0 Å². The van der Waals surface area contributed by atoms with Gasteiger partial charge in [0.2, 0.25) is 11.9 Å². The number of nitrogens with one attached hydrogen (secondary N) is 1. The number of benzene rings is 1. The Morgan fingerprint density at radius 2 is 1.85 bits per heavy atom. The minimum absolute atomic E-state index is 0.0818. The van der Waals surface area contributed by atoms with E-state index in [1.54, 1.807) is 6.20 Å². The van der Waals surface area contributed by atoms with Gasteiger partial charge in [-0.1, -0.05) is 39.0 Å². The Bertz CT molecular complexity index is 1230. The number of nitrogens with two attached hydrogens (primary N) is 1. The minimum Gasteiger partial charge on any atom is -0.350 e. The zero-order valence-corrected chi connectivity index (χ0v) is 19.4. The summed E-state index contributed by atoms with van der Waals surface area (Å²) in [4.78, 5) is 12.1. The van der Waals surface area contributed by atoms with E-state index in [9.17, 15) is 0 Å². The Hall–Kier alpha value is -3.46. The van der Waals surface area contributed by atoms with E-state index in [-0.39, 0.29) is 11.5 Å². The molecule has 0 bridgehead atoms. The first-order valence-electron chi connectivity index (χ1n) is 11.5. The van der Waals surface area contributed by atoms with Crippen molar-refractivity contribution >= 4 is 17.5 Å². The van der Waals surface area contributed by atoms with Gasteiger partial charge >= 0.3 is 0 Å². The molecule has 9 nitrogen and oxygen atoms in total. The van der Waals surface area contributed by atoms with Crippen molar-refractivity contribution in [2.75, 3.05) is 23.3 Å². The molecule has 3 N–H and O–H groups in total. The number of aromatic nitrogens is 6. The Morgan fingerprint density at radius 1 is 1.06 bits per heavy atom. The number of nitrogens with zero attached hydrogens (tertiary/aromatic N) is 7. The van der Waals surface area contributed by atoms with Crippen molar-refractivity contribution in [1.29, 1.82) is 0 Å². The predicted molar refractivity (Wildman–Crippen MR) is 130 cm³/mol. The summed E-state index contributed by atoms with van der Waals surface area (Å²) in [5.74, 6) is 1.40. The van der Waals surface area contributed by atoms with Crippen molar-refractivity contribution in [2.45, 2.75) is 51.6 Å². The van der Waals surface area contributed by atoms with Gasteiger partial charge in [-0.2, -0.15) is 24.7 Å². The molecule has 0 aliphatic carbocycles. The lowest BCUT2D eigenvalue weighted by Gasteiger charge is -2.30. The maximum atomic E-state index is 6.13. The second kappa shape index (κ2) is 8.47. The van der Waals surface area contributed by atoms with E-state index in [1.165, 1.54) is 0 Å². The van der Waals surface area contributed by atoms with Gasteiger partial charge in [0.1, 0.15) is 0 Å². The second-order valence-corrected chi connectivity index (χ2v) is 9.65. The maximum Gasteiger partial charge on any atom is 0.230 e. The van der Waals surface area contributed by atoms with Crippen molar-refractivity contribution in [2.24, 2.45) is 5.73 Å². The normalized spacial score (nSPS) is 15.3. The Kier molecular flexibility index (Phi) is 5.49. The van der Waals surface area contributed by atoms with Crippen LogP contribution in [0.3, 0.4) is 0 Å². The summed E-state index contributed by atoms with van der Waals surface area (Å²) in [5, 5.41) is 12.5. The predicted octanol–water partition coefficient (Wildman–Crippen LogP) is 3.15. The molecule has 0 spiro atoms. The van der Waals surface area contributed by atoms with Crippen LogP contribution >= 0.6 is 0 Å². The van der Waals surface area contributed by atoms with Gasteiger partial charge in [-0.25, -0.2) is 4.68 Å². The lowest BCUT2D eigenvalue weighted by molar-refractivity contribution is 0.495. The molecule has 0 unspecified atom stereocenters. The highest BCUT2D eigenvalue weighted by atomic mass is 15.4. The van der Waals surface area contributed by atoms with Crippen molar-refractivity contribution in [3.8, 4) is 5.69 Å². The van der Waals surface area contributed by atoms with Crippen LogP contribution in [0.15, 0.2) is 48.9 Å². The van der Waals surface area contributed by atoms with Gasteiger partial charge < -0.3 is 16.0 Å². The summed E-state index contributed by atoms with van der Waals surface area (Å²) in [6, 6.07) is 10.4. The van der Waals surface area contributed by atoms with Gasteiger partial charge in [0.15, 0.2) is 5.65 Å². The van der Waals surface area contributed by atoms with Crippen LogP contribution in [0.25, 0.3) is 11.3 Å². The molecule has 1 aromatic carbocycles. The second-order valence-electron chi connectivity index (χ2n) is 9.65. The molecule has 0 atom stereocenters. The van der Waals surface area contributed by atoms with Crippen LogP contribution in [0.1, 0.15) is 44.7 Å². The molecular formula is C24H31N9. The van der Waals surface area contributed by atoms with Gasteiger partial charge in [-0.15, -0.1) is 0 Å². The zero-order chi connectivity index (χ0) is 23.0. The molecular weight excluding hydrogens is 414 g/mol. The van der Waals surface area contributed by atoms with Crippen molar-refractivity contribution in [1.82, 2.24) is 29.4 Å². The molecule has 0 radical (unpaired) electrons. The number of para-hydroxylation sites is 1. The summed E-state index contributed by atoms with van der Waals surface area (Å²) in [5.41, 5.74) is 10.1. The molecule has 0 amide bonds. The molecule has 0 saturated carbocycles. The highest BCUT2D eigenvalue weighted by Gasteiger charge is 2.25. The fourth-order valence-corrected chi connectivity index (χ4v) is 4.22. The van der Waals surface area contributed by atoms with Crippen molar-refractivity contribution in [3.05, 3.63) is 60.0 Å². The molecule has 33 heavy (non-hydrogen) atoms. The van der Waals surface area contributed by atoms with Gasteiger partial charge in [-0.3, -0.25) is 0 Å². The molecule has 1 saturated heterocycles. The van der Waals surface area contributed by atoms with Crippen LogP contribution in [0.2, 0.25) is 0 Å². The summed E-state index contributed by atoms with van der Waals surface area (Å²) in [6.07, 6.45) is 7.53. The number of piperidine rings is 1. The first-order valence-corrected chi connectivity index (χ1v) is 11.5. The van der Waals surface area contributed by atoms with E-state index in [0.717, 1.165) is 54.3 Å². The fraction of sp³-hybridized carbons (Fsp3) is 0.417. The average molecular weight is 446 g/mol. The Balaban J connectivity index is 1.52. The van der Waals surface area contributed by atoms with Gasteiger partial charge in [0.25, 0.3) is 0 Å². The number of rotatable bonds is 5. The molecule has 4 aromatic rings. The maximum absolute atomic E-state index is 6.13. The highest BCUT2D eigenvalue weighted by molar-refractivity contribution is 5.57. The van der Waals surface area contributed by atoms with Crippen molar-refractivity contribution in [3.63, 3.8) is 0 Å². The van der Waals surface area contributed by atoms with E-state index in [2.05, 4.69) is 53.3 Å². The summed E-state index contributed by atoms with van der Waals surface area (Å²) in [7, 11) is 0. The van der Waals surface area contributed by atoms with Gasteiger partial charge in [-0.05, 0) is 36.0 Å². The molecule has 9 heteroatoms. The molecule has 1 aliphatic rings. The van der Waals surface area contributed by atoms with E-state index >= 15 is 0 Å². The molecule has 1 fully saturated rings. The van der Waals surface area contributed by atoms with Gasteiger partial charge in [0.05, 0.1) is 11.9 Å². The third-order valence-electron chi connectivity index (χ3n) is 6.17. The third kappa shape index (κ3) is 4.28.